The third kappa shape index (κ3) is 2.33. The topological polar surface area (TPSA) is 25.4 Å². The Morgan fingerprint density at radius 1 is 1.60 bits per heavy atom. The SMILES string of the molecule is C=Cc1cc(OCN2CCC2)cnc1F. The van der Waals surface area contributed by atoms with Crippen molar-refractivity contribution >= 4 is 6.08 Å². The quantitative estimate of drug-likeness (QED) is 0.707. The summed E-state index contributed by atoms with van der Waals surface area (Å²) in [6.45, 7) is 6.20. The minimum Gasteiger partial charge on any atom is -0.477 e. The molecule has 0 aliphatic carbocycles. The Balaban J connectivity index is 1.98. The van der Waals surface area contributed by atoms with Crippen LogP contribution in [0.25, 0.3) is 6.08 Å². The summed E-state index contributed by atoms with van der Waals surface area (Å²) < 4.78 is 18.5. The number of hydrogen-bond acceptors (Lipinski definition) is 3. The monoisotopic (exact) mass is 208 g/mol. The molecule has 2 rings (SSSR count). The third-order valence-electron chi connectivity index (χ3n) is 2.42. The second kappa shape index (κ2) is 4.40. The molecule has 15 heavy (non-hydrogen) atoms. The molecule has 0 amide bonds. The van der Waals surface area contributed by atoms with Crippen LogP contribution in [0.3, 0.4) is 0 Å². The molecule has 1 fully saturated rings. The first-order chi connectivity index (χ1) is 7.29. The van der Waals surface area contributed by atoms with Gasteiger partial charge in [-0.3, -0.25) is 4.90 Å². The largest absolute Gasteiger partial charge is 0.477 e. The predicted molar refractivity (Wildman–Crippen MR) is 56.0 cm³/mol. The van der Waals surface area contributed by atoms with Crippen molar-refractivity contribution in [2.75, 3.05) is 19.8 Å². The molecule has 1 saturated heterocycles. The van der Waals surface area contributed by atoms with E-state index in [1.54, 1.807) is 6.07 Å². The van der Waals surface area contributed by atoms with Crippen molar-refractivity contribution in [3.05, 3.63) is 30.4 Å². The lowest BCUT2D eigenvalue weighted by atomic mass is 10.2. The van der Waals surface area contributed by atoms with Crippen LogP contribution in [-0.2, 0) is 0 Å². The molecule has 0 spiro atoms. The van der Waals surface area contributed by atoms with Gasteiger partial charge in [-0.05, 0) is 12.5 Å². The smallest absolute Gasteiger partial charge is 0.220 e. The number of nitrogens with zero attached hydrogens (tertiary/aromatic N) is 2. The summed E-state index contributed by atoms with van der Waals surface area (Å²) in [6.07, 6.45) is 4.05. The summed E-state index contributed by atoms with van der Waals surface area (Å²) in [5, 5.41) is 0. The van der Waals surface area contributed by atoms with E-state index in [2.05, 4.69) is 16.5 Å². The third-order valence-corrected chi connectivity index (χ3v) is 2.42. The van der Waals surface area contributed by atoms with Gasteiger partial charge in [-0.15, -0.1) is 0 Å². The highest BCUT2D eigenvalue weighted by atomic mass is 19.1. The number of ether oxygens (including phenoxy) is 1. The van der Waals surface area contributed by atoms with Crippen LogP contribution in [-0.4, -0.2) is 29.7 Å². The van der Waals surface area contributed by atoms with Gasteiger partial charge in [0.15, 0.2) is 0 Å². The maximum absolute atomic E-state index is 13.0. The highest BCUT2D eigenvalue weighted by molar-refractivity contribution is 5.48. The lowest BCUT2D eigenvalue weighted by Gasteiger charge is -2.30. The number of likely N-dealkylation sites (tertiary alicyclic amines) is 1. The van der Waals surface area contributed by atoms with Gasteiger partial charge in [0.05, 0.1) is 6.20 Å². The second-order valence-electron chi connectivity index (χ2n) is 3.50. The van der Waals surface area contributed by atoms with Crippen molar-refractivity contribution in [2.45, 2.75) is 6.42 Å². The lowest BCUT2D eigenvalue weighted by molar-refractivity contribution is 0.0727. The van der Waals surface area contributed by atoms with Gasteiger partial charge in [-0.2, -0.15) is 4.39 Å². The minimum atomic E-state index is -0.513. The first-order valence-electron chi connectivity index (χ1n) is 4.93. The second-order valence-corrected chi connectivity index (χ2v) is 3.50. The van der Waals surface area contributed by atoms with Gasteiger partial charge in [-0.1, -0.05) is 12.7 Å². The van der Waals surface area contributed by atoms with Crippen molar-refractivity contribution < 1.29 is 9.13 Å². The molecule has 1 aliphatic heterocycles. The number of rotatable bonds is 4. The van der Waals surface area contributed by atoms with Crippen LogP contribution in [0.4, 0.5) is 4.39 Å². The zero-order valence-corrected chi connectivity index (χ0v) is 8.45. The Labute approximate surface area is 88.2 Å². The van der Waals surface area contributed by atoms with Gasteiger partial charge in [0, 0.05) is 18.7 Å². The van der Waals surface area contributed by atoms with Crippen LogP contribution in [0.5, 0.6) is 5.75 Å². The summed E-state index contributed by atoms with van der Waals surface area (Å²) in [5.74, 6) is 0.0690. The molecule has 0 bridgehead atoms. The van der Waals surface area contributed by atoms with E-state index in [0.29, 0.717) is 18.0 Å². The van der Waals surface area contributed by atoms with Crippen LogP contribution in [0.1, 0.15) is 12.0 Å². The van der Waals surface area contributed by atoms with E-state index in [4.69, 9.17) is 4.74 Å². The van der Waals surface area contributed by atoms with Gasteiger partial charge >= 0.3 is 0 Å². The molecule has 2 heterocycles. The van der Waals surface area contributed by atoms with Crippen LogP contribution < -0.4 is 4.74 Å². The van der Waals surface area contributed by atoms with E-state index >= 15 is 0 Å². The maximum Gasteiger partial charge on any atom is 0.220 e. The van der Waals surface area contributed by atoms with Gasteiger partial charge in [0.2, 0.25) is 5.95 Å². The van der Waals surface area contributed by atoms with E-state index in [1.807, 2.05) is 0 Å². The Morgan fingerprint density at radius 3 is 3.00 bits per heavy atom. The van der Waals surface area contributed by atoms with Crippen LogP contribution in [0.2, 0.25) is 0 Å². The molecule has 0 aromatic carbocycles. The summed E-state index contributed by atoms with van der Waals surface area (Å²) in [6, 6.07) is 1.61. The molecule has 1 aromatic heterocycles. The van der Waals surface area contributed by atoms with Crippen molar-refractivity contribution in [2.24, 2.45) is 0 Å². The van der Waals surface area contributed by atoms with Gasteiger partial charge < -0.3 is 4.74 Å². The molecule has 1 aromatic rings. The molecule has 0 saturated carbocycles. The highest BCUT2D eigenvalue weighted by Crippen LogP contribution is 2.16. The first kappa shape index (κ1) is 10.1. The average molecular weight is 208 g/mol. The number of aromatic nitrogens is 1. The summed E-state index contributed by atoms with van der Waals surface area (Å²) in [5.41, 5.74) is 0.371. The molecule has 3 nitrogen and oxygen atoms in total. The summed E-state index contributed by atoms with van der Waals surface area (Å²) in [7, 11) is 0. The van der Waals surface area contributed by atoms with Crippen molar-refractivity contribution in [3.63, 3.8) is 0 Å². The number of halogens is 1. The molecule has 0 radical (unpaired) electrons. The van der Waals surface area contributed by atoms with Gasteiger partial charge in [0.25, 0.3) is 0 Å². The fraction of sp³-hybridized carbons (Fsp3) is 0.364. The first-order valence-corrected chi connectivity index (χ1v) is 4.93. The van der Waals surface area contributed by atoms with Crippen LogP contribution in [0.15, 0.2) is 18.8 Å². The highest BCUT2D eigenvalue weighted by Gasteiger charge is 2.13. The summed E-state index contributed by atoms with van der Waals surface area (Å²) in [4.78, 5) is 5.75. The van der Waals surface area contributed by atoms with Gasteiger partial charge in [0.1, 0.15) is 12.5 Å². The zero-order valence-electron chi connectivity index (χ0n) is 8.45. The fourth-order valence-electron chi connectivity index (χ4n) is 1.34. The minimum absolute atomic E-state index is 0.371. The summed E-state index contributed by atoms with van der Waals surface area (Å²) >= 11 is 0. The molecule has 80 valence electrons. The average Bonchev–Trinajstić information content (AvgIpc) is 2.18. The maximum atomic E-state index is 13.0. The standard InChI is InChI=1S/C11H13FN2O/c1-2-9-6-10(7-13-11(9)12)15-8-14-4-3-5-14/h2,6-7H,1,3-5,8H2. The molecule has 0 N–H and O–H groups in total. The van der Waals surface area contributed by atoms with Crippen molar-refractivity contribution in [3.8, 4) is 5.75 Å². The van der Waals surface area contributed by atoms with Crippen molar-refractivity contribution in [1.82, 2.24) is 9.88 Å². The van der Waals surface area contributed by atoms with Crippen LogP contribution in [0, 0.1) is 5.95 Å². The van der Waals surface area contributed by atoms with E-state index in [0.717, 1.165) is 13.1 Å². The zero-order chi connectivity index (χ0) is 10.7. The van der Waals surface area contributed by atoms with Crippen molar-refractivity contribution in [1.29, 1.82) is 0 Å². The van der Waals surface area contributed by atoms with Crippen LogP contribution >= 0.6 is 0 Å². The number of pyridine rings is 1. The Kier molecular flexibility index (Phi) is 2.97. The molecular weight excluding hydrogens is 195 g/mol. The molecule has 0 unspecified atom stereocenters. The van der Waals surface area contributed by atoms with Gasteiger partial charge in [-0.25, -0.2) is 4.98 Å². The van der Waals surface area contributed by atoms with E-state index in [1.165, 1.54) is 18.7 Å². The Morgan fingerprint density at radius 2 is 2.40 bits per heavy atom. The Bertz CT molecular complexity index is 364. The lowest BCUT2D eigenvalue weighted by Crippen LogP contribution is -2.39. The van der Waals surface area contributed by atoms with E-state index in [9.17, 15) is 4.39 Å². The molecule has 4 heteroatoms. The molecular formula is C11H13FN2O. The molecule has 0 atom stereocenters. The molecule has 1 aliphatic rings. The van der Waals surface area contributed by atoms with E-state index < -0.39 is 5.95 Å². The van der Waals surface area contributed by atoms with E-state index in [-0.39, 0.29) is 0 Å². The predicted octanol–water partition coefficient (Wildman–Crippen LogP) is 1.91. The Hall–Kier alpha value is -1.42. The normalized spacial score (nSPS) is 15.8. The number of hydrogen-bond donors (Lipinski definition) is 0. The fourth-order valence-corrected chi connectivity index (χ4v) is 1.34.